The highest BCUT2D eigenvalue weighted by atomic mass is 16.6. The molecule has 168 valence electrons. The van der Waals surface area contributed by atoms with Crippen LogP contribution in [0, 0.1) is 10.1 Å². The molecule has 1 aliphatic rings. The summed E-state index contributed by atoms with van der Waals surface area (Å²) in [6.45, 7) is 2.24. The highest BCUT2D eigenvalue weighted by molar-refractivity contribution is 6.02. The van der Waals surface area contributed by atoms with Crippen molar-refractivity contribution in [1.29, 1.82) is 0 Å². The minimum Gasteiger partial charge on any atom is -0.395 e. The van der Waals surface area contributed by atoms with Crippen LogP contribution in [0.25, 0.3) is 16.9 Å². The summed E-state index contributed by atoms with van der Waals surface area (Å²) < 4.78 is 7.01. The molecular weight excluding hydrogens is 422 g/mol. The molecule has 1 N–H and O–H groups in total. The topological polar surface area (TPSA) is 106 Å². The number of nitrogens with one attached hydrogen (secondary N) is 1. The van der Waals surface area contributed by atoms with E-state index in [4.69, 9.17) is 4.42 Å². The second kappa shape index (κ2) is 8.51. The molecule has 1 fully saturated rings. The van der Waals surface area contributed by atoms with Gasteiger partial charge >= 0.3 is 5.88 Å². The summed E-state index contributed by atoms with van der Waals surface area (Å²) in [6.07, 6.45) is 6.26. The first-order valence-electron chi connectivity index (χ1n) is 10.8. The van der Waals surface area contributed by atoms with Crippen molar-refractivity contribution >= 4 is 23.1 Å². The standard InChI is InChI=1S/C24H23N5O4/c1-27-11-8-16(9-12-27)18-10-13-28-20(15-25-22(28)14-18)17-2-4-19(5-3-17)26-24(30)21-6-7-23(33-21)29(31)32/h2-7,10,13-16H,8-9,11-12H2,1H3,(H,26,30). The number of imidazole rings is 1. The van der Waals surface area contributed by atoms with E-state index in [0.717, 1.165) is 36.1 Å². The van der Waals surface area contributed by atoms with Gasteiger partial charge in [-0.15, -0.1) is 0 Å². The fourth-order valence-corrected chi connectivity index (χ4v) is 4.27. The summed E-state index contributed by atoms with van der Waals surface area (Å²) in [4.78, 5) is 29.3. The number of rotatable bonds is 5. The van der Waals surface area contributed by atoms with E-state index in [9.17, 15) is 14.9 Å². The molecule has 0 bridgehead atoms. The van der Waals surface area contributed by atoms with E-state index in [-0.39, 0.29) is 5.76 Å². The lowest BCUT2D eigenvalue weighted by Gasteiger charge is -2.29. The molecule has 4 heterocycles. The van der Waals surface area contributed by atoms with Crippen molar-refractivity contribution in [3.05, 3.63) is 82.4 Å². The number of nitrogens with zero attached hydrogens (tertiary/aromatic N) is 4. The summed E-state index contributed by atoms with van der Waals surface area (Å²) in [5.74, 6) is -0.563. The van der Waals surface area contributed by atoms with Crippen LogP contribution in [0.4, 0.5) is 11.6 Å². The Hall–Kier alpha value is -3.98. The molecular formula is C24H23N5O4. The molecule has 0 unspecified atom stereocenters. The monoisotopic (exact) mass is 445 g/mol. The fraction of sp³-hybridized carbons (Fsp3) is 0.250. The van der Waals surface area contributed by atoms with Gasteiger partial charge in [0.25, 0.3) is 5.91 Å². The van der Waals surface area contributed by atoms with Crippen LogP contribution in [-0.4, -0.2) is 45.3 Å². The van der Waals surface area contributed by atoms with Gasteiger partial charge in [-0.25, -0.2) is 4.98 Å². The zero-order valence-electron chi connectivity index (χ0n) is 18.1. The predicted molar refractivity (Wildman–Crippen MR) is 123 cm³/mol. The normalized spacial score (nSPS) is 15.1. The maximum Gasteiger partial charge on any atom is 0.433 e. The number of carbonyl (C=O) groups excluding carboxylic acids is 1. The van der Waals surface area contributed by atoms with Crippen molar-refractivity contribution in [3.8, 4) is 11.3 Å². The molecule has 0 saturated carbocycles. The molecule has 9 nitrogen and oxygen atoms in total. The van der Waals surface area contributed by atoms with Gasteiger partial charge in [0.1, 0.15) is 10.6 Å². The number of nitro groups is 1. The number of piperidine rings is 1. The Balaban J connectivity index is 1.31. The van der Waals surface area contributed by atoms with Crippen molar-refractivity contribution in [3.63, 3.8) is 0 Å². The van der Waals surface area contributed by atoms with E-state index in [1.54, 1.807) is 12.1 Å². The Labute approximate surface area is 189 Å². The molecule has 3 aromatic heterocycles. The first-order chi connectivity index (χ1) is 16.0. The number of aromatic nitrogens is 2. The molecule has 1 amide bonds. The van der Waals surface area contributed by atoms with Crippen LogP contribution in [0.2, 0.25) is 0 Å². The third-order valence-corrected chi connectivity index (χ3v) is 6.16. The van der Waals surface area contributed by atoms with Crippen LogP contribution in [0.5, 0.6) is 0 Å². The van der Waals surface area contributed by atoms with Crippen LogP contribution in [-0.2, 0) is 0 Å². The zero-order valence-corrected chi connectivity index (χ0v) is 18.1. The molecule has 1 saturated heterocycles. The number of furan rings is 1. The van der Waals surface area contributed by atoms with Crippen LogP contribution >= 0.6 is 0 Å². The first kappa shape index (κ1) is 20.9. The van der Waals surface area contributed by atoms with Gasteiger partial charge in [0.05, 0.1) is 18.0 Å². The number of hydrogen-bond acceptors (Lipinski definition) is 6. The summed E-state index contributed by atoms with van der Waals surface area (Å²) in [6, 6.07) is 14.1. The van der Waals surface area contributed by atoms with E-state index in [1.165, 1.54) is 24.5 Å². The Bertz CT molecular complexity index is 1320. The maximum atomic E-state index is 12.3. The van der Waals surface area contributed by atoms with Crippen molar-refractivity contribution < 1.29 is 14.1 Å². The van der Waals surface area contributed by atoms with Crippen molar-refractivity contribution in [2.45, 2.75) is 18.8 Å². The lowest BCUT2D eigenvalue weighted by molar-refractivity contribution is -0.402. The lowest BCUT2D eigenvalue weighted by Crippen LogP contribution is -2.29. The molecule has 1 aromatic carbocycles. The van der Waals surface area contributed by atoms with Gasteiger partial charge in [-0.2, -0.15) is 0 Å². The molecule has 0 aliphatic carbocycles. The number of anilines is 1. The van der Waals surface area contributed by atoms with E-state index in [2.05, 4.69) is 45.0 Å². The average molecular weight is 445 g/mol. The largest absolute Gasteiger partial charge is 0.433 e. The SMILES string of the molecule is CN1CCC(c2ccn3c(-c4ccc(NC(=O)c5ccc([N+](=O)[O-])o5)cc4)cnc3c2)CC1. The van der Waals surface area contributed by atoms with E-state index in [1.807, 2.05) is 18.3 Å². The highest BCUT2D eigenvalue weighted by Gasteiger charge is 2.20. The molecule has 9 heteroatoms. The van der Waals surface area contributed by atoms with Crippen molar-refractivity contribution in [2.75, 3.05) is 25.5 Å². The Morgan fingerprint density at radius 1 is 1.15 bits per heavy atom. The quantitative estimate of drug-likeness (QED) is 0.356. The van der Waals surface area contributed by atoms with Crippen LogP contribution < -0.4 is 5.32 Å². The van der Waals surface area contributed by atoms with Gasteiger partial charge in [-0.05, 0) is 74.8 Å². The highest BCUT2D eigenvalue weighted by Crippen LogP contribution is 2.30. The van der Waals surface area contributed by atoms with Crippen LogP contribution in [0.3, 0.4) is 0 Å². The van der Waals surface area contributed by atoms with Gasteiger partial charge in [0.2, 0.25) is 0 Å². The van der Waals surface area contributed by atoms with Crippen LogP contribution in [0.1, 0.15) is 34.9 Å². The Morgan fingerprint density at radius 2 is 1.91 bits per heavy atom. The van der Waals surface area contributed by atoms with Gasteiger partial charge in [-0.1, -0.05) is 12.1 Å². The van der Waals surface area contributed by atoms with Gasteiger partial charge < -0.3 is 14.6 Å². The Kier molecular flexibility index (Phi) is 5.39. The third-order valence-electron chi connectivity index (χ3n) is 6.16. The van der Waals surface area contributed by atoms with E-state index in [0.29, 0.717) is 11.6 Å². The molecule has 0 radical (unpaired) electrons. The summed E-state index contributed by atoms with van der Waals surface area (Å²) in [5, 5.41) is 13.4. The van der Waals surface area contributed by atoms with E-state index >= 15 is 0 Å². The van der Waals surface area contributed by atoms with Crippen molar-refractivity contribution in [2.24, 2.45) is 0 Å². The molecule has 4 aromatic rings. The second-order valence-corrected chi connectivity index (χ2v) is 8.34. The number of pyridine rings is 1. The number of fused-ring (bicyclic) bond motifs is 1. The van der Waals surface area contributed by atoms with Crippen molar-refractivity contribution in [1.82, 2.24) is 14.3 Å². The molecule has 0 spiro atoms. The minimum atomic E-state index is -0.682. The molecule has 0 atom stereocenters. The summed E-state index contributed by atoms with van der Waals surface area (Å²) >= 11 is 0. The molecule has 1 aliphatic heterocycles. The average Bonchev–Trinajstić information content (AvgIpc) is 3.48. The van der Waals surface area contributed by atoms with Crippen LogP contribution in [0.15, 0.2) is 65.3 Å². The van der Waals surface area contributed by atoms with Gasteiger partial charge in [-0.3, -0.25) is 19.3 Å². The number of amides is 1. The number of carbonyl (C=O) groups is 1. The number of likely N-dealkylation sites (tertiary alicyclic amines) is 1. The lowest BCUT2D eigenvalue weighted by atomic mass is 9.90. The molecule has 5 rings (SSSR count). The summed E-state index contributed by atoms with van der Waals surface area (Å²) in [7, 11) is 2.17. The van der Waals surface area contributed by atoms with Gasteiger partial charge in [0, 0.05) is 17.4 Å². The Morgan fingerprint density at radius 3 is 2.61 bits per heavy atom. The first-order valence-corrected chi connectivity index (χ1v) is 10.8. The third kappa shape index (κ3) is 4.22. The zero-order chi connectivity index (χ0) is 22.9. The maximum absolute atomic E-state index is 12.3. The predicted octanol–water partition coefficient (Wildman–Crippen LogP) is 4.56. The van der Waals surface area contributed by atoms with E-state index < -0.39 is 16.7 Å². The number of benzene rings is 1. The molecule has 33 heavy (non-hydrogen) atoms. The smallest absolute Gasteiger partial charge is 0.395 e. The fourth-order valence-electron chi connectivity index (χ4n) is 4.27. The summed E-state index contributed by atoms with van der Waals surface area (Å²) in [5.41, 5.74) is 4.73. The minimum absolute atomic E-state index is 0.118. The van der Waals surface area contributed by atoms with Gasteiger partial charge in [0.15, 0.2) is 5.76 Å². The number of hydrogen-bond donors (Lipinski definition) is 1. The second-order valence-electron chi connectivity index (χ2n) is 8.34.